The van der Waals surface area contributed by atoms with E-state index < -0.39 is 0 Å². The molecule has 0 bridgehead atoms. The quantitative estimate of drug-likeness (QED) is 0.666. The minimum absolute atomic E-state index is 0.161. The first kappa shape index (κ1) is 13.6. The van der Waals surface area contributed by atoms with Crippen molar-refractivity contribution in [1.82, 2.24) is 0 Å². The zero-order valence-corrected chi connectivity index (χ0v) is 13.0. The van der Waals surface area contributed by atoms with Crippen LogP contribution in [0, 0.1) is 0 Å². The third-order valence-corrected chi connectivity index (χ3v) is 4.61. The van der Waals surface area contributed by atoms with E-state index in [1.165, 1.54) is 37.7 Å². The fourth-order valence-corrected chi connectivity index (χ4v) is 3.40. The molecule has 3 heteroatoms. The molecule has 1 aliphatic carbocycles. The number of hydrogen-bond acceptors (Lipinski definition) is 1. The van der Waals surface area contributed by atoms with Crippen LogP contribution < -0.4 is 0 Å². The summed E-state index contributed by atoms with van der Waals surface area (Å²) in [5.41, 5.74) is 1.25. The van der Waals surface area contributed by atoms with E-state index in [4.69, 9.17) is 4.74 Å². The Morgan fingerprint density at radius 2 is 1.88 bits per heavy atom. The van der Waals surface area contributed by atoms with Crippen molar-refractivity contribution in [2.24, 2.45) is 0 Å². The molecule has 0 aliphatic heterocycles. The van der Waals surface area contributed by atoms with E-state index in [-0.39, 0.29) is 6.10 Å². The van der Waals surface area contributed by atoms with Gasteiger partial charge in [0.2, 0.25) is 0 Å². The number of hydrogen-bond donors (Lipinski definition) is 0. The van der Waals surface area contributed by atoms with Gasteiger partial charge in [0, 0.05) is 9.80 Å². The van der Waals surface area contributed by atoms with Crippen molar-refractivity contribution in [2.75, 3.05) is 5.33 Å². The van der Waals surface area contributed by atoms with E-state index in [1.807, 2.05) is 6.07 Å². The normalized spacial score (nSPS) is 19.2. The summed E-state index contributed by atoms with van der Waals surface area (Å²) in [5, 5.41) is 0.853. The van der Waals surface area contributed by atoms with E-state index in [1.54, 1.807) is 0 Å². The van der Waals surface area contributed by atoms with Crippen molar-refractivity contribution < 1.29 is 4.74 Å². The summed E-state index contributed by atoms with van der Waals surface area (Å²) in [7, 11) is 0. The van der Waals surface area contributed by atoms with E-state index in [0.717, 1.165) is 9.80 Å². The van der Waals surface area contributed by atoms with E-state index in [9.17, 15) is 0 Å². The highest BCUT2D eigenvalue weighted by Crippen LogP contribution is 2.31. The van der Waals surface area contributed by atoms with Gasteiger partial charge in [0.15, 0.2) is 0 Å². The largest absolute Gasteiger partial charge is 0.369 e. The van der Waals surface area contributed by atoms with Crippen molar-refractivity contribution in [3.63, 3.8) is 0 Å². The number of halogens is 2. The molecule has 0 aromatic heterocycles. The lowest BCUT2D eigenvalue weighted by atomic mass is 9.97. The van der Waals surface area contributed by atoms with Gasteiger partial charge in [-0.25, -0.2) is 0 Å². The standard InChI is InChI=1S/C14H18Br2O/c15-10-14(12-8-4-5-9-13(12)16)17-11-6-2-1-3-7-11/h4-5,8-9,11,14H,1-3,6-7,10H2. The summed E-state index contributed by atoms with van der Waals surface area (Å²) in [5.74, 6) is 0. The van der Waals surface area contributed by atoms with Gasteiger partial charge in [-0.05, 0) is 24.5 Å². The Bertz CT molecular complexity index is 348. The lowest BCUT2D eigenvalue weighted by Crippen LogP contribution is -2.20. The number of rotatable bonds is 4. The maximum atomic E-state index is 6.23. The number of alkyl halides is 1. The van der Waals surface area contributed by atoms with Gasteiger partial charge in [-0.1, -0.05) is 69.3 Å². The van der Waals surface area contributed by atoms with Gasteiger partial charge in [0.1, 0.15) is 0 Å². The molecule has 2 rings (SSSR count). The Balaban J connectivity index is 2.03. The highest BCUT2D eigenvalue weighted by Gasteiger charge is 2.20. The first-order valence-corrected chi connectivity index (χ1v) is 8.18. The maximum Gasteiger partial charge on any atom is 0.0936 e. The maximum absolute atomic E-state index is 6.23. The highest BCUT2D eigenvalue weighted by atomic mass is 79.9. The van der Waals surface area contributed by atoms with Crippen LogP contribution in [0.1, 0.15) is 43.8 Å². The summed E-state index contributed by atoms with van der Waals surface area (Å²) < 4.78 is 7.37. The van der Waals surface area contributed by atoms with E-state index in [0.29, 0.717) is 6.10 Å². The molecular weight excluding hydrogens is 344 g/mol. The zero-order chi connectivity index (χ0) is 12.1. The zero-order valence-electron chi connectivity index (χ0n) is 9.87. The van der Waals surface area contributed by atoms with Gasteiger partial charge >= 0.3 is 0 Å². The van der Waals surface area contributed by atoms with Crippen molar-refractivity contribution >= 4 is 31.9 Å². The van der Waals surface area contributed by atoms with Gasteiger partial charge in [-0.15, -0.1) is 0 Å². The summed E-state index contributed by atoms with van der Waals surface area (Å²) in [6.45, 7) is 0. The molecule has 0 spiro atoms. The van der Waals surface area contributed by atoms with E-state index >= 15 is 0 Å². The van der Waals surface area contributed by atoms with Crippen LogP contribution in [0.25, 0.3) is 0 Å². The lowest BCUT2D eigenvalue weighted by Gasteiger charge is -2.27. The molecule has 17 heavy (non-hydrogen) atoms. The smallest absolute Gasteiger partial charge is 0.0936 e. The Morgan fingerprint density at radius 1 is 1.18 bits per heavy atom. The SMILES string of the molecule is BrCC(OC1CCCCC1)c1ccccc1Br. The molecule has 1 saturated carbocycles. The second kappa shape index (κ2) is 6.91. The summed E-state index contributed by atoms with van der Waals surface area (Å²) in [6.07, 6.45) is 7.04. The monoisotopic (exact) mass is 360 g/mol. The fraction of sp³-hybridized carbons (Fsp3) is 0.571. The van der Waals surface area contributed by atoms with Crippen molar-refractivity contribution in [3.8, 4) is 0 Å². The Labute approximate surface area is 120 Å². The fourth-order valence-electron chi connectivity index (χ4n) is 2.36. The summed E-state index contributed by atoms with van der Waals surface area (Å²) >= 11 is 7.17. The average molecular weight is 362 g/mol. The van der Waals surface area contributed by atoms with Crippen LogP contribution in [0.15, 0.2) is 28.7 Å². The molecule has 0 saturated heterocycles. The average Bonchev–Trinajstić information content (AvgIpc) is 2.38. The molecule has 1 aromatic rings. The Morgan fingerprint density at radius 3 is 2.53 bits per heavy atom. The molecule has 1 unspecified atom stereocenters. The van der Waals surface area contributed by atoms with Crippen LogP contribution >= 0.6 is 31.9 Å². The third-order valence-electron chi connectivity index (χ3n) is 3.30. The van der Waals surface area contributed by atoms with Gasteiger partial charge in [-0.2, -0.15) is 0 Å². The first-order chi connectivity index (χ1) is 8.31. The predicted molar refractivity (Wildman–Crippen MR) is 78.6 cm³/mol. The molecule has 0 amide bonds. The highest BCUT2D eigenvalue weighted by molar-refractivity contribution is 9.10. The van der Waals surface area contributed by atoms with Gasteiger partial charge in [0.25, 0.3) is 0 Å². The van der Waals surface area contributed by atoms with Crippen molar-refractivity contribution in [1.29, 1.82) is 0 Å². The molecule has 1 atom stereocenters. The van der Waals surface area contributed by atoms with E-state index in [2.05, 4.69) is 50.1 Å². The molecule has 94 valence electrons. The van der Waals surface area contributed by atoms with Crippen LogP contribution in [0.5, 0.6) is 0 Å². The molecule has 0 heterocycles. The second-order valence-electron chi connectivity index (χ2n) is 4.56. The number of ether oxygens (including phenoxy) is 1. The topological polar surface area (TPSA) is 9.23 Å². The minimum atomic E-state index is 0.161. The Kier molecular flexibility index (Phi) is 5.51. The molecule has 1 nitrogen and oxygen atoms in total. The minimum Gasteiger partial charge on any atom is -0.369 e. The second-order valence-corrected chi connectivity index (χ2v) is 6.06. The number of benzene rings is 1. The Hall–Kier alpha value is 0.140. The molecular formula is C14H18Br2O. The molecule has 0 radical (unpaired) electrons. The van der Waals surface area contributed by atoms with Crippen LogP contribution in [0.2, 0.25) is 0 Å². The van der Waals surface area contributed by atoms with Gasteiger partial charge in [0.05, 0.1) is 12.2 Å². The van der Waals surface area contributed by atoms with Crippen LogP contribution in [0.3, 0.4) is 0 Å². The van der Waals surface area contributed by atoms with Gasteiger partial charge in [-0.3, -0.25) is 0 Å². The molecule has 1 aromatic carbocycles. The van der Waals surface area contributed by atoms with Crippen molar-refractivity contribution in [3.05, 3.63) is 34.3 Å². The summed E-state index contributed by atoms with van der Waals surface area (Å²) in [6, 6.07) is 8.33. The molecule has 0 N–H and O–H groups in total. The molecule has 1 aliphatic rings. The van der Waals surface area contributed by atoms with Gasteiger partial charge < -0.3 is 4.74 Å². The summed E-state index contributed by atoms with van der Waals surface area (Å²) in [4.78, 5) is 0. The lowest BCUT2D eigenvalue weighted by molar-refractivity contribution is -0.0196. The van der Waals surface area contributed by atoms with Crippen LogP contribution in [0.4, 0.5) is 0 Å². The first-order valence-electron chi connectivity index (χ1n) is 6.27. The molecule has 1 fully saturated rings. The van der Waals surface area contributed by atoms with Crippen molar-refractivity contribution in [2.45, 2.75) is 44.3 Å². The van der Waals surface area contributed by atoms with Crippen LogP contribution in [-0.4, -0.2) is 11.4 Å². The predicted octanol–water partition coefficient (Wildman–Crippen LogP) is 5.23. The third kappa shape index (κ3) is 3.80. The van der Waals surface area contributed by atoms with Crippen LogP contribution in [-0.2, 0) is 4.74 Å².